The Bertz CT molecular complexity index is 221. The van der Waals surface area contributed by atoms with Crippen LogP contribution in [0.2, 0.25) is 0 Å². The summed E-state index contributed by atoms with van der Waals surface area (Å²) in [6, 6.07) is 10.8. The molecule has 13 heavy (non-hydrogen) atoms. The summed E-state index contributed by atoms with van der Waals surface area (Å²) in [7, 11) is 4.08. The second kappa shape index (κ2) is 5.73. The first-order chi connectivity index (χ1) is 6.29. The molecule has 0 fully saturated rings. The van der Waals surface area contributed by atoms with Crippen LogP contribution in [0.4, 0.5) is 0 Å². The number of benzene rings is 1. The minimum Gasteiger partial charge on any atom is -0.375 e. The molecule has 71 valence electrons. The molecule has 1 radical (unpaired) electrons. The molecule has 0 saturated carbocycles. The third-order valence-electron chi connectivity index (χ3n) is 1.74. The monoisotopic (exact) mass is 178 g/mol. The molecule has 0 spiro atoms. The van der Waals surface area contributed by atoms with E-state index in [1.807, 2.05) is 38.4 Å². The van der Waals surface area contributed by atoms with Gasteiger partial charge in [0.15, 0.2) is 0 Å². The maximum Gasteiger partial charge on any atom is 0.0717 e. The number of likely N-dealkylation sites (N-methyl/N-ethyl adjacent to an activating group) is 1. The van der Waals surface area contributed by atoms with Crippen molar-refractivity contribution in [3.05, 3.63) is 35.9 Å². The lowest BCUT2D eigenvalue weighted by atomic mass is 10.2. The molecule has 0 bridgehead atoms. The molecule has 1 aromatic carbocycles. The number of hydrogen-bond acceptors (Lipinski definition) is 2. The van der Waals surface area contributed by atoms with Crippen molar-refractivity contribution in [2.45, 2.75) is 6.61 Å². The highest BCUT2D eigenvalue weighted by molar-refractivity contribution is 5.12. The molecule has 0 aliphatic carbocycles. The van der Waals surface area contributed by atoms with Gasteiger partial charge in [-0.15, -0.1) is 0 Å². The van der Waals surface area contributed by atoms with E-state index in [2.05, 4.69) is 11.0 Å². The summed E-state index contributed by atoms with van der Waals surface area (Å²) >= 11 is 0. The van der Waals surface area contributed by atoms with E-state index in [0.717, 1.165) is 13.2 Å². The van der Waals surface area contributed by atoms with Gasteiger partial charge in [-0.2, -0.15) is 0 Å². The van der Waals surface area contributed by atoms with Crippen LogP contribution in [0, 0.1) is 6.07 Å². The number of nitrogens with zero attached hydrogens (tertiary/aromatic N) is 1. The minimum absolute atomic E-state index is 0.697. The molecule has 0 heterocycles. The summed E-state index contributed by atoms with van der Waals surface area (Å²) in [6.07, 6.45) is 0. The molecule has 0 aliphatic heterocycles. The van der Waals surface area contributed by atoms with Gasteiger partial charge in [-0.1, -0.05) is 24.3 Å². The topological polar surface area (TPSA) is 12.5 Å². The Morgan fingerprint density at radius 2 is 2.00 bits per heavy atom. The second-order valence-electron chi connectivity index (χ2n) is 3.26. The fourth-order valence-corrected chi connectivity index (χ4v) is 0.955. The zero-order chi connectivity index (χ0) is 9.52. The molecule has 1 rings (SSSR count). The van der Waals surface area contributed by atoms with E-state index in [4.69, 9.17) is 4.74 Å². The lowest BCUT2D eigenvalue weighted by molar-refractivity contribution is 0.105. The van der Waals surface area contributed by atoms with Crippen LogP contribution in [0.5, 0.6) is 0 Å². The number of ether oxygens (including phenoxy) is 1. The highest BCUT2D eigenvalue weighted by atomic mass is 16.5. The van der Waals surface area contributed by atoms with Crippen LogP contribution in [-0.4, -0.2) is 32.1 Å². The van der Waals surface area contributed by atoms with Crippen molar-refractivity contribution < 1.29 is 4.74 Å². The van der Waals surface area contributed by atoms with Crippen molar-refractivity contribution >= 4 is 0 Å². The molecule has 0 atom stereocenters. The zero-order valence-corrected chi connectivity index (χ0v) is 8.29. The van der Waals surface area contributed by atoms with E-state index < -0.39 is 0 Å². The fourth-order valence-electron chi connectivity index (χ4n) is 0.955. The van der Waals surface area contributed by atoms with E-state index in [1.165, 1.54) is 5.56 Å². The summed E-state index contributed by atoms with van der Waals surface area (Å²) in [5, 5.41) is 0. The highest BCUT2D eigenvalue weighted by Gasteiger charge is 1.92. The SMILES string of the molecule is CN(C)CCOCc1cc[c]cc1. The maximum absolute atomic E-state index is 5.47. The van der Waals surface area contributed by atoms with Gasteiger partial charge in [0.25, 0.3) is 0 Å². The van der Waals surface area contributed by atoms with Gasteiger partial charge in [-0.25, -0.2) is 0 Å². The van der Waals surface area contributed by atoms with Gasteiger partial charge >= 0.3 is 0 Å². The second-order valence-corrected chi connectivity index (χ2v) is 3.26. The van der Waals surface area contributed by atoms with Crippen LogP contribution in [0.15, 0.2) is 24.3 Å². The average molecular weight is 178 g/mol. The molecule has 0 saturated heterocycles. The number of hydrogen-bond donors (Lipinski definition) is 0. The van der Waals surface area contributed by atoms with Crippen LogP contribution in [-0.2, 0) is 11.3 Å². The summed E-state index contributed by atoms with van der Waals surface area (Å²) in [6.45, 7) is 2.45. The van der Waals surface area contributed by atoms with Crippen molar-refractivity contribution in [1.29, 1.82) is 0 Å². The zero-order valence-electron chi connectivity index (χ0n) is 8.29. The van der Waals surface area contributed by atoms with Gasteiger partial charge in [0, 0.05) is 6.54 Å². The minimum atomic E-state index is 0.697. The molecule has 0 amide bonds. The maximum atomic E-state index is 5.47. The van der Waals surface area contributed by atoms with E-state index in [9.17, 15) is 0 Å². The fraction of sp³-hybridized carbons (Fsp3) is 0.455. The molecule has 2 heteroatoms. The standard InChI is InChI=1S/C11H16NO/c1-12(2)8-9-13-10-11-6-4-3-5-7-11/h4-7H,8-10H2,1-2H3. The molecule has 0 aromatic heterocycles. The largest absolute Gasteiger partial charge is 0.375 e. The van der Waals surface area contributed by atoms with Crippen molar-refractivity contribution in [1.82, 2.24) is 4.90 Å². The summed E-state index contributed by atoms with van der Waals surface area (Å²) in [5.41, 5.74) is 1.21. The molecular weight excluding hydrogens is 162 g/mol. The quantitative estimate of drug-likeness (QED) is 0.634. The predicted molar refractivity (Wildman–Crippen MR) is 53.5 cm³/mol. The Kier molecular flexibility index (Phi) is 4.50. The third kappa shape index (κ3) is 4.65. The molecule has 0 aliphatic rings. The van der Waals surface area contributed by atoms with E-state index in [-0.39, 0.29) is 0 Å². The summed E-state index contributed by atoms with van der Waals surface area (Å²) in [4.78, 5) is 2.11. The van der Waals surface area contributed by atoms with Crippen LogP contribution >= 0.6 is 0 Å². The third-order valence-corrected chi connectivity index (χ3v) is 1.74. The van der Waals surface area contributed by atoms with Crippen LogP contribution in [0.1, 0.15) is 5.56 Å². The Morgan fingerprint density at radius 1 is 1.31 bits per heavy atom. The van der Waals surface area contributed by atoms with Gasteiger partial charge in [-0.05, 0) is 25.7 Å². The lowest BCUT2D eigenvalue weighted by Crippen LogP contribution is -2.17. The van der Waals surface area contributed by atoms with Crippen LogP contribution in [0.25, 0.3) is 0 Å². The summed E-state index contributed by atoms with van der Waals surface area (Å²) in [5.74, 6) is 0. The van der Waals surface area contributed by atoms with Gasteiger partial charge < -0.3 is 9.64 Å². The van der Waals surface area contributed by atoms with Gasteiger partial charge in [0.05, 0.1) is 13.2 Å². The van der Waals surface area contributed by atoms with Crippen molar-refractivity contribution in [2.24, 2.45) is 0 Å². The Hall–Kier alpha value is -0.860. The molecule has 0 unspecified atom stereocenters. The first kappa shape index (κ1) is 10.2. The Morgan fingerprint density at radius 3 is 2.62 bits per heavy atom. The normalized spacial score (nSPS) is 10.7. The Labute approximate surface area is 80.1 Å². The van der Waals surface area contributed by atoms with Crippen molar-refractivity contribution in [2.75, 3.05) is 27.2 Å². The molecule has 0 N–H and O–H groups in total. The molecular formula is C11H16NO. The number of rotatable bonds is 5. The van der Waals surface area contributed by atoms with Crippen LogP contribution < -0.4 is 0 Å². The van der Waals surface area contributed by atoms with Gasteiger partial charge in [0.1, 0.15) is 0 Å². The van der Waals surface area contributed by atoms with E-state index in [0.29, 0.717) is 6.61 Å². The smallest absolute Gasteiger partial charge is 0.0717 e. The Balaban J connectivity index is 2.13. The molecule has 2 nitrogen and oxygen atoms in total. The predicted octanol–water partition coefficient (Wildman–Crippen LogP) is 1.56. The van der Waals surface area contributed by atoms with Crippen molar-refractivity contribution in [3.63, 3.8) is 0 Å². The molecule has 1 aromatic rings. The van der Waals surface area contributed by atoms with Crippen molar-refractivity contribution in [3.8, 4) is 0 Å². The van der Waals surface area contributed by atoms with E-state index in [1.54, 1.807) is 0 Å². The lowest BCUT2D eigenvalue weighted by Gasteiger charge is -2.09. The summed E-state index contributed by atoms with van der Waals surface area (Å²) < 4.78 is 5.47. The average Bonchev–Trinajstić information content (AvgIpc) is 2.14. The first-order valence-corrected chi connectivity index (χ1v) is 4.46. The highest BCUT2D eigenvalue weighted by Crippen LogP contribution is 1.99. The van der Waals surface area contributed by atoms with Gasteiger partial charge in [-0.3, -0.25) is 0 Å². The van der Waals surface area contributed by atoms with E-state index >= 15 is 0 Å². The van der Waals surface area contributed by atoms with Crippen LogP contribution in [0.3, 0.4) is 0 Å². The first-order valence-electron chi connectivity index (χ1n) is 4.46. The van der Waals surface area contributed by atoms with Gasteiger partial charge in [0.2, 0.25) is 0 Å².